The zero-order valence-electron chi connectivity index (χ0n) is 36.9. The van der Waals surface area contributed by atoms with Gasteiger partial charge in [-0.1, -0.05) is 211 Å². The molecule has 63 heavy (non-hydrogen) atoms. The summed E-state index contributed by atoms with van der Waals surface area (Å²) in [5.41, 5.74) is 18.4. The normalized spacial score (nSPS) is 13.6. The average Bonchev–Trinajstić information content (AvgIpc) is 3.59. The van der Waals surface area contributed by atoms with Crippen LogP contribution in [0.25, 0.3) is 44.2 Å². The second-order valence-corrected chi connectivity index (χ2v) is 20.4. The molecule has 2 aliphatic rings. The Labute approximate surface area is 377 Å². The van der Waals surface area contributed by atoms with E-state index in [2.05, 4.69) is 247 Å². The molecule has 0 radical (unpaired) electrons. The SMILES string of the molecule is CC(C)(C)c1ccc2c(c1)C1(c3cc(C(C)(C)C)ccc3S2)c2ccccc2-c2ccc(-c3ccccc3N(c3ccc(-c4ccccc4)cc3)c3cccc4ccccc34)cc21. The van der Waals surface area contributed by atoms with Crippen LogP contribution in [0.1, 0.15) is 74.9 Å². The van der Waals surface area contributed by atoms with E-state index in [0.717, 1.165) is 17.1 Å². The molecule has 0 fully saturated rings. The summed E-state index contributed by atoms with van der Waals surface area (Å²) in [5, 5.41) is 2.43. The van der Waals surface area contributed by atoms with Crippen LogP contribution in [0.3, 0.4) is 0 Å². The van der Waals surface area contributed by atoms with Crippen molar-refractivity contribution in [1.29, 1.82) is 0 Å². The summed E-state index contributed by atoms with van der Waals surface area (Å²) in [5.74, 6) is 0. The molecule has 0 bridgehead atoms. The summed E-state index contributed by atoms with van der Waals surface area (Å²) in [7, 11) is 0. The molecule has 0 N–H and O–H groups in total. The van der Waals surface area contributed by atoms with Gasteiger partial charge in [0.05, 0.1) is 16.8 Å². The molecule has 2 heteroatoms. The number of nitrogens with zero attached hydrogens (tertiary/aromatic N) is 1. The van der Waals surface area contributed by atoms with E-state index in [9.17, 15) is 0 Å². The largest absolute Gasteiger partial charge is 0.309 e. The summed E-state index contributed by atoms with van der Waals surface area (Å²) < 4.78 is 0. The van der Waals surface area contributed by atoms with Gasteiger partial charge in [0.15, 0.2) is 0 Å². The van der Waals surface area contributed by atoms with E-state index in [0.29, 0.717) is 0 Å². The maximum atomic E-state index is 2.55. The lowest BCUT2D eigenvalue weighted by atomic mass is 9.65. The molecule has 1 spiro atoms. The van der Waals surface area contributed by atoms with Crippen LogP contribution >= 0.6 is 11.8 Å². The van der Waals surface area contributed by atoms with Gasteiger partial charge in [-0.25, -0.2) is 0 Å². The van der Waals surface area contributed by atoms with Gasteiger partial charge in [-0.05, 0) is 120 Å². The first kappa shape index (κ1) is 39.3. The number of anilines is 3. The van der Waals surface area contributed by atoms with E-state index in [1.165, 1.54) is 87.3 Å². The molecule has 306 valence electrons. The number of hydrogen-bond donors (Lipinski definition) is 0. The number of benzene rings is 9. The summed E-state index contributed by atoms with van der Waals surface area (Å²) in [6.07, 6.45) is 0. The zero-order valence-corrected chi connectivity index (χ0v) is 37.7. The third-order valence-corrected chi connectivity index (χ3v) is 14.6. The van der Waals surface area contributed by atoms with Crippen LogP contribution in [0.5, 0.6) is 0 Å². The Morgan fingerprint density at radius 3 is 1.62 bits per heavy atom. The average molecular weight is 830 g/mol. The minimum absolute atomic E-state index is 0.0134. The van der Waals surface area contributed by atoms with Crippen LogP contribution in [0.4, 0.5) is 17.1 Å². The van der Waals surface area contributed by atoms with Crippen molar-refractivity contribution in [2.75, 3.05) is 4.90 Å². The van der Waals surface area contributed by atoms with Crippen LogP contribution in [-0.4, -0.2) is 0 Å². The molecule has 1 heterocycles. The van der Waals surface area contributed by atoms with Crippen LogP contribution in [0.2, 0.25) is 0 Å². The van der Waals surface area contributed by atoms with Gasteiger partial charge in [0, 0.05) is 26.4 Å². The number of fused-ring (bicyclic) bond motifs is 10. The summed E-state index contributed by atoms with van der Waals surface area (Å²) in [6, 6.07) is 75.3. The lowest BCUT2D eigenvalue weighted by Crippen LogP contribution is -2.33. The van der Waals surface area contributed by atoms with Crippen molar-refractivity contribution < 1.29 is 0 Å². The molecule has 0 atom stereocenters. The lowest BCUT2D eigenvalue weighted by molar-refractivity contribution is 0.581. The molecule has 0 saturated carbocycles. The van der Waals surface area contributed by atoms with Crippen LogP contribution in [0, 0.1) is 0 Å². The highest BCUT2D eigenvalue weighted by Crippen LogP contribution is 2.63. The van der Waals surface area contributed by atoms with Gasteiger partial charge >= 0.3 is 0 Å². The van der Waals surface area contributed by atoms with E-state index in [1.54, 1.807) is 0 Å². The van der Waals surface area contributed by atoms with E-state index in [4.69, 9.17) is 0 Å². The Balaban J connectivity index is 1.17. The monoisotopic (exact) mass is 829 g/mol. The highest BCUT2D eigenvalue weighted by molar-refractivity contribution is 7.99. The fraction of sp³-hybridized carbons (Fsp3) is 0.148. The van der Waals surface area contributed by atoms with Crippen molar-refractivity contribution in [2.45, 2.75) is 67.6 Å². The van der Waals surface area contributed by atoms with Gasteiger partial charge in [-0.15, -0.1) is 0 Å². The number of rotatable bonds is 5. The Hall–Kier alpha value is -6.61. The number of para-hydroxylation sites is 1. The third kappa shape index (κ3) is 6.37. The molecule has 0 unspecified atom stereocenters. The number of hydrogen-bond acceptors (Lipinski definition) is 2. The van der Waals surface area contributed by atoms with Crippen molar-refractivity contribution in [3.05, 3.63) is 234 Å². The minimum atomic E-state index is -0.516. The molecule has 0 amide bonds. The fourth-order valence-corrected chi connectivity index (χ4v) is 11.4. The molecule has 11 rings (SSSR count). The van der Waals surface area contributed by atoms with E-state index in [1.807, 2.05) is 11.8 Å². The highest BCUT2D eigenvalue weighted by atomic mass is 32.2. The predicted molar refractivity (Wildman–Crippen MR) is 268 cm³/mol. The first-order chi connectivity index (χ1) is 30.5. The first-order valence-electron chi connectivity index (χ1n) is 22.3. The summed E-state index contributed by atoms with van der Waals surface area (Å²) in [6.45, 7) is 14.0. The van der Waals surface area contributed by atoms with Crippen LogP contribution in [-0.2, 0) is 16.2 Å². The molecule has 0 aromatic heterocycles. The Bertz CT molecular complexity index is 3150. The van der Waals surface area contributed by atoms with E-state index < -0.39 is 5.41 Å². The first-order valence-corrected chi connectivity index (χ1v) is 23.1. The zero-order chi connectivity index (χ0) is 43.1. The molecule has 9 aromatic rings. The van der Waals surface area contributed by atoms with Crippen molar-refractivity contribution in [3.63, 3.8) is 0 Å². The van der Waals surface area contributed by atoms with Crippen molar-refractivity contribution in [2.24, 2.45) is 0 Å². The Morgan fingerprint density at radius 1 is 0.381 bits per heavy atom. The van der Waals surface area contributed by atoms with Gasteiger partial charge in [0.2, 0.25) is 0 Å². The predicted octanol–water partition coefficient (Wildman–Crippen LogP) is 17.1. The van der Waals surface area contributed by atoms with Crippen LogP contribution < -0.4 is 4.90 Å². The standard InChI is InChI=1S/C61H51NS/c1-59(2,3)44-30-35-57-53(38-44)61(54-39-45(60(4,5)6)31-36-58(54)63-57)51-24-14-12-23-49(51)50-34-29-43(37-52(50)61)48-22-13-15-25-55(48)62(56-26-16-20-42-19-10-11-21-47(42)56)46-32-27-41(28-33-46)40-17-8-7-9-18-40/h7-39H,1-6H3. The second-order valence-electron chi connectivity index (χ2n) is 19.3. The maximum absolute atomic E-state index is 2.55. The van der Waals surface area contributed by atoms with E-state index >= 15 is 0 Å². The van der Waals surface area contributed by atoms with Gasteiger partial charge in [0.1, 0.15) is 0 Å². The molecule has 0 saturated heterocycles. The summed E-state index contributed by atoms with van der Waals surface area (Å²) >= 11 is 1.93. The van der Waals surface area contributed by atoms with Gasteiger partial charge in [-0.3, -0.25) is 0 Å². The third-order valence-electron chi connectivity index (χ3n) is 13.5. The van der Waals surface area contributed by atoms with Crippen molar-refractivity contribution >= 4 is 39.6 Å². The maximum Gasteiger partial charge on any atom is 0.0735 e. The van der Waals surface area contributed by atoms with E-state index in [-0.39, 0.29) is 10.8 Å². The molecular weight excluding hydrogens is 779 g/mol. The topological polar surface area (TPSA) is 3.24 Å². The van der Waals surface area contributed by atoms with Crippen molar-refractivity contribution in [3.8, 4) is 33.4 Å². The Morgan fingerprint density at radius 2 is 0.921 bits per heavy atom. The fourth-order valence-electron chi connectivity index (χ4n) is 10.2. The van der Waals surface area contributed by atoms with Gasteiger partial charge in [-0.2, -0.15) is 0 Å². The molecular formula is C61H51NS. The molecule has 1 nitrogen and oxygen atoms in total. The lowest BCUT2D eigenvalue weighted by Gasteiger charge is -2.41. The minimum Gasteiger partial charge on any atom is -0.309 e. The summed E-state index contributed by atoms with van der Waals surface area (Å²) in [4.78, 5) is 5.12. The molecule has 1 aliphatic heterocycles. The van der Waals surface area contributed by atoms with Gasteiger partial charge in [0.25, 0.3) is 0 Å². The quantitative estimate of drug-likeness (QED) is 0.170. The van der Waals surface area contributed by atoms with Crippen molar-refractivity contribution in [1.82, 2.24) is 0 Å². The van der Waals surface area contributed by atoms with Gasteiger partial charge < -0.3 is 4.90 Å². The van der Waals surface area contributed by atoms with Crippen LogP contribution in [0.15, 0.2) is 210 Å². The molecule has 1 aliphatic carbocycles. The second kappa shape index (κ2) is 14.8. The highest BCUT2D eigenvalue weighted by Gasteiger charge is 2.51. The smallest absolute Gasteiger partial charge is 0.0735 e. The Kier molecular flexibility index (Phi) is 9.19. The molecule has 9 aromatic carbocycles.